The van der Waals surface area contributed by atoms with Crippen molar-refractivity contribution in [3.8, 4) is 5.75 Å². The average Bonchev–Trinajstić information content (AvgIpc) is 3.11. The van der Waals surface area contributed by atoms with Crippen molar-refractivity contribution in [3.05, 3.63) is 75.3 Å². The van der Waals surface area contributed by atoms with Crippen molar-refractivity contribution in [2.45, 2.75) is 6.42 Å². The van der Waals surface area contributed by atoms with Gasteiger partial charge < -0.3 is 9.64 Å². The third-order valence-electron chi connectivity index (χ3n) is 4.96. The molecule has 5 rings (SSSR count). The van der Waals surface area contributed by atoms with Crippen LogP contribution in [0.2, 0.25) is 0 Å². The van der Waals surface area contributed by atoms with Crippen LogP contribution in [0.4, 0.5) is 5.69 Å². The number of para-hydroxylation sites is 1. The molecule has 2 aromatic carbocycles. The first-order valence-corrected chi connectivity index (χ1v) is 8.83. The Morgan fingerprint density at radius 3 is 2.70 bits per heavy atom. The molecule has 0 spiro atoms. The molecule has 0 amide bonds. The van der Waals surface area contributed by atoms with Gasteiger partial charge in [-0.2, -0.15) is 0 Å². The van der Waals surface area contributed by atoms with Crippen molar-refractivity contribution < 1.29 is 9.66 Å². The molecule has 0 unspecified atom stereocenters. The first kappa shape index (κ1) is 15.7. The second-order valence-electron chi connectivity index (χ2n) is 6.52. The molecule has 0 atom stereocenters. The Balaban J connectivity index is 1.68. The monoisotopic (exact) mass is 360 g/mol. The summed E-state index contributed by atoms with van der Waals surface area (Å²) in [5, 5.41) is 11.0. The highest BCUT2D eigenvalue weighted by atomic mass is 16.6. The molecule has 3 heterocycles. The molecule has 0 bridgehead atoms. The second kappa shape index (κ2) is 6.05. The normalized spacial score (nSPS) is 17.9. The molecule has 2 aromatic rings. The van der Waals surface area contributed by atoms with Gasteiger partial charge in [0, 0.05) is 41.8 Å². The Morgan fingerprint density at radius 1 is 1.07 bits per heavy atom. The molecule has 7 heteroatoms. The predicted octanol–water partition coefficient (Wildman–Crippen LogP) is 3.26. The van der Waals surface area contributed by atoms with Crippen molar-refractivity contribution in [1.29, 1.82) is 0 Å². The lowest BCUT2D eigenvalue weighted by Gasteiger charge is -2.29. The number of non-ortho nitro benzene ring substituents is 1. The lowest BCUT2D eigenvalue weighted by Crippen LogP contribution is -2.38. The Bertz CT molecular complexity index is 1040. The van der Waals surface area contributed by atoms with Crippen molar-refractivity contribution in [1.82, 2.24) is 4.90 Å². The van der Waals surface area contributed by atoms with Crippen LogP contribution in [-0.2, 0) is 0 Å². The quantitative estimate of drug-likeness (QED) is 0.608. The summed E-state index contributed by atoms with van der Waals surface area (Å²) >= 11 is 0. The SMILES string of the molecule is O=[N+]([O-])c1ccc(C2=NC3=C(CCOc4ccccc43)C3=NCCN32)cc1. The summed E-state index contributed by atoms with van der Waals surface area (Å²) in [6.45, 7) is 2.05. The highest BCUT2D eigenvalue weighted by Crippen LogP contribution is 2.38. The van der Waals surface area contributed by atoms with E-state index in [4.69, 9.17) is 14.7 Å². The van der Waals surface area contributed by atoms with E-state index in [0.717, 1.165) is 52.8 Å². The van der Waals surface area contributed by atoms with Crippen molar-refractivity contribution in [2.75, 3.05) is 19.7 Å². The number of nitro groups is 1. The summed E-state index contributed by atoms with van der Waals surface area (Å²) in [5.41, 5.74) is 3.85. The van der Waals surface area contributed by atoms with E-state index in [1.807, 2.05) is 24.3 Å². The minimum Gasteiger partial charge on any atom is -0.493 e. The third-order valence-corrected chi connectivity index (χ3v) is 4.96. The molecule has 0 aliphatic carbocycles. The molecule has 0 saturated heterocycles. The number of fused-ring (bicyclic) bond motifs is 4. The molecule has 27 heavy (non-hydrogen) atoms. The molecule has 0 fully saturated rings. The molecule has 7 nitrogen and oxygen atoms in total. The van der Waals surface area contributed by atoms with E-state index >= 15 is 0 Å². The third kappa shape index (κ3) is 2.51. The zero-order valence-corrected chi connectivity index (χ0v) is 14.5. The van der Waals surface area contributed by atoms with Gasteiger partial charge in [-0.3, -0.25) is 15.1 Å². The van der Waals surface area contributed by atoms with E-state index in [9.17, 15) is 10.1 Å². The van der Waals surface area contributed by atoms with Gasteiger partial charge in [-0.25, -0.2) is 4.99 Å². The van der Waals surface area contributed by atoms with Gasteiger partial charge in [0.1, 0.15) is 17.4 Å². The number of ether oxygens (including phenoxy) is 1. The maximum atomic E-state index is 11.0. The largest absolute Gasteiger partial charge is 0.493 e. The van der Waals surface area contributed by atoms with Gasteiger partial charge in [-0.05, 0) is 24.3 Å². The molecular formula is C20H16N4O3. The van der Waals surface area contributed by atoms with Gasteiger partial charge >= 0.3 is 0 Å². The van der Waals surface area contributed by atoms with E-state index in [1.165, 1.54) is 12.1 Å². The maximum absolute atomic E-state index is 11.0. The molecule has 0 saturated carbocycles. The van der Waals surface area contributed by atoms with Crippen LogP contribution in [0.1, 0.15) is 17.5 Å². The Labute approximate surface area is 155 Å². The fourth-order valence-corrected chi connectivity index (χ4v) is 3.71. The minimum absolute atomic E-state index is 0.0681. The minimum atomic E-state index is -0.394. The summed E-state index contributed by atoms with van der Waals surface area (Å²) in [6, 6.07) is 14.4. The molecule has 0 aromatic heterocycles. The number of nitro benzene ring substituents is 1. The van der Waals surface area contributed by atoms with Crippen LogP contribution < -0.4 is 4.74 Å². The maximum Gasteiger partial charge on any atom is 0.269 e. The number of benzene rings is 2. The lowest BCUT2D eigenvalue weighted by molar-refractivity contribution is -0.384. The van der Waals surface area contributed by atoms with Gasteiger partial charge in [0.15, 0.2) is 0 Å². The number of aliphatic imine (C=N–C) groups is 2. The highest BCUT2D eigenvalue weighted by Gasteiger charge is 2.34. The van der Waals surface area contributed by atoms with Crippen molar-refractivity contribution in [3.63, 3.8) is 0 Å². The fraction of sp³-hybridized carbons (Fsp3) is 0.200. The Hall–Kier alpha value is -3.48. The summed E-state index contributed by atoms with van der Waals surface area (Å²) < 4.78 is 5.91. The molecule has 0 radical (unpaired) electrons. The molecule has 134 valence electrons. The summed E-state index contributed by atoms with van der Waals surface area (Å²) in [6.07, 6.45) is 0.746. The van der Waals surface area contributed by atoms with Gasteiger partial charge in [-0.15, -0.1) is 0 Å². The summed E-state index contributed by atoms with van der Waals surface area (Å²) in [5.74, 6) is 2.53. The first-order chi connectivity index (χ1) is 13.2. The van der Waals surface area contributed by atoms with Crippen LogP contribution in [0.3, 0.4) is 0 Å². The summed E-state index contributed by atoms with van der Waals surface area (Å²) in [7, 11) is 0. The predicted molar refractivity (Wildman–Crippen MR) is 102 cm³/mol. The summed E-state index contributed by atoms with van der Waals surface area (Å²) in [4.78, 5) is 22.4. The van der Waals surface area contributed by atoms with Crippen LogP contribution in [0.25, 0.3) is 5.70 Å². The molecular weight excluding hydrogens is 344 g/mol. The standard InChI is InChI=1S/C20H16N4O3/c25-24(26)14-7-5-13(6-8-14)19-22-18-15-3-1-2-4-17(15)27-12-9-16(18)20-21-10-11-23(19)20/h1-8H,9-12H2. The fourth-order valence-electron chi connectivity index (χ4n) is 3.71. The van der Waals surface area contributed by atoms with Crippen LogP contribution in [0, 0.1) is 10.1 Å². The van der Waals surface area contributed by atoms with E-state index in [1.54, 1.807) is 12.1 Å². The average molecular weight is 360 g/mol. The number of rotatable bonds is 2. The van der Waals surface area contributed by atoms with E-state index < -0.39 is 4.92 Å². The number of hydrogen-bond acceptors (Lipinski definition) is 6. The number of amidine groups is 2. The topological polar surface area (TPSA) is 80.3 Å². The molecule has 0 N–H and O–H groups in total. The van der Waals surface area contributed by atoms with Crippen LogP contribution in [0.5, 0.6) is 5.75 Å². The zero-order chi connectivity index (χ0) is 18.4. The van der Waals surface area contributed by atoms with Gasteiger partial charge in [0.25, 0.3) is 5.69 Å². The van der Waals surface area contributed by atoms with E-state index in [2.05, 4.69) is 4.90 Å². The number of nitrogens with zero attached hydrogens (tertiary/aromatic N) is 4. The number of hydrogen-bond donors (Lipinski definition) is 0. The van der Waals surface area contributed by atoms with Crippen molar-refractivity contribution >= 4 is 23.1 Å². The van der Waals surface area contributed by atoms with E-state index in [0.29, 0.717) is 13.2 Å². The Morgan fingerprint density at radius 2 is 1.89 bits per heavy atom. The van der Waals surface area contributed by atoms with Gasteiger partial charge in [-0.1, -0.05) is 12.1 Å². The van der Waals surface area contributed by atoms with Crippen LogP contribution in [0.15, 0.2) is 64.1 Å². The molecule has 3 aliphatic heterocycles. The smallest absolute Gasteiger partial charge is 0.269 e. The van der Waals surface area contributed by atoms with Crippen LogP contribution in [-0.4, -0.2) is 41.2 Å². The van der Waals surface area contributed by atoms with Gasteiger partial charge in [0.2, 0.25) is 0 Å². The van der Waals surface area contributed by atoms with Crippen molar-refractivity contribution in [2.24, 2.45) is 9.98 Å². The second-order valence-corrected chi connectivity index (χ2v) is 6.52. The first-order valence-electron chi connectivity index (χ1n) is 8.83. The zero-order valence-electron chi connectivity index (χ0n) is 14.5. The highest BCUT2D eigenvalue weighted by molar-refractivity contribution is 6.22. The Kier molecular flexibility index (Phi) is 3.53. The molecule has 3 aliphatic rings. The van der Waals surface area contributed by atoms with Crippen LogP contribution >= 0.6 is 0 Å². The van der Waals surface area contributed by atoms with Gasteiger partial charge in [0.05, 0.1) is 23.8 Å². The van der Waals surface area contributed by atoms with E-state index in [-0.39, 0.29) is 5.69 Å². The lowest BCUT2D eigenvalue weighted by atomic mass is 10.00.